The third kappa shape index (κ3) is 11.5. The predicted octanol–water partition coefficient (Wildman–Crippen LogP) is 9.56. The fourth-order valence-electron chi connectivity index (χ4n) is 8.87. The van der Waals surface area contributed by atoms with Crippen LogP contribution in [-0.4, -0.2) is 118 Å². The zero-order valence-corrected chi connectivity index (χ0v) is 44.7. The largest absolute Gasteiger partial charge is 0.472 e. The molecule has 3 aromatic carbocycles. The smallest absolute Gasteiger partial charge is 0.390 e. The molecule has 3 aliphatic heterocycles. The van der Waals surface area contributed by atoms with E-state index in [4.69, 9.17) is 32.3 Å². The first-order chi connectivity index (χ1) is 38.1. The minimum absolute atomic E-state index is 0.0249. The van der Waals surface area contributed by atoms with Crippen LogP contribution in [0, 0.1) is 27.2 Å². The summed E-state index contributed by atoms with van der Waals surface area (Å²) in [4.78, 5) is 64.3. The summed E-state index contributed by atoms with van der Waals surface area (Å²) in [5.41, 5.74) is -0.0344. The molecule has 0 aliphatic carbocycles. The van der Waals surface area contributed by atoms with Gasteiger partial charge in [-0.25, -0.2) is 42.8 Å². The number of hydrogen-bond donors (Lipinski definition) is 0. The van der Waals surface area contributed by atoms with E-state index in [1.165, 1.54) is 87.4 Å². The number of aromatic nitrogens is 8. The van der Waals surface area contributed by atoms with Gasteiger partial charge < -0.3 is 14.2 Å². The molecule has 3 aliphatic rings. The van der Waals surface area contributed by atoms with Gasteiger partial charge in [0.2, 0.25) is 5.88 Å². The Balaban J connectivity index is 1.03. The van der Waals surface area contributed by atoms with Crippen molar-refractivity contribution in [1.82, 2.24) is 39.0 Å². The number of aryl methyl sites for hydroxylation is 1. The van der Waals surface area contributed by atoms with Crippen LogP contribution in [-0.2, 0) is 48.2 Å². The van der Waals surface area contributed by atoms with Gasteiger partial charge in [0, 0.05) is 46.9 Å². The van der Waals surface area contributed by atoms with Gasteiger partial charge in [0.25, 0.3) is 17.3 Å². The number of carbonyl (C=O) groups excluding carboxylic acids is 1. The molecule has 10 atom stereocenters. The van der Waals surface area contributed by atoms with Crippen LogP contribution >= 0.6 is 36.4 Å². The summed E-state index contributed by atoms with van der Waals surface area (Å²) in [5, 5.41) is 24.2. The Bertz CT molecular complexity index is 3570. The molecular weight excluding hydrogens is 1120 g/mol. The van der Waals surface area contributed by atoms with Crippen molar-refractivity contribution in [3.63, 3.8) is 0 Å². The molecule has 7 aromatic rings. The van der Waals surface area contributed by atoms with Crippen molar-refractivity contribution in [3.8, 4) is 5.88 Å². The van der Waals surface area contributed by atoms with Crippen molar-refractivity contribution in [1.29, 1.82) is 0 Å². The summed E-state index contributed by atoms with van der Waals surface area (Å²) in [6.45, 7) is -2.48. The SMILES string of the molecule is C=CCOc1nc(C)nc2c1ncn2[C@@H]1O[C@@H]2COP(=O)(SCc3ccccc3[N+](=O)[O-])O[C@H]3[C@@H](F)[C@H](n4cnc5c(N(CC=C)C(=O)c6ccccc6)ncnc54)O[C@@H]3COP(=O)(SCc3ccccc3[N+](=O)[O-])O[C@H]2[C@H]1F. The number of halogens is 2. The van der Waals surface area contributed by atoms with Gasteiger partial charge in [-0.1, -0.05) is 73.3 Å². The number of benzene rings is 3. The highest BCUT2D eigenvalue weighted by atomic mass is 32.7. The second-order valence-electron chi connectivity index (χ2n) is 17.6. The normalized spacial score (nSPS) is 26.1. The molecular formula is C48H45F2N11O14P2S2. The molecule has 7 heterocycles. The zero-order chi connectivity index (χ0) is 55.6. The quantitative estimate of drug-likeness (QED) is 0.0354. The van der Waals surface area contributed by atoms with E-state index >= 15 is 17.9 Å². The third-order valence-corrected chi connectivity index (χ3v) is 19.8. The van der Waals surface area contributed by atoms with Gasteiger partial charge in [0.1, 0.15) is 43.2 Å². The highest BCUT2D eigenvalue weighted by Crippen LogP contribution is 2.67. The maximum atomic E-state index is 17.7. The van der Waals surface area contributed by atoms with Gasteiger partial charge >= 0.3 is 13.6 Å². The van der Waals surface area contributed by atoms with E-state index in [-0.39, 0.29) is 75.5 Å². The standard InChI is InChI=1S/C48H45F2N11O14P2S2/c1-4-19-57(46(62)29-13-7-6-8-14-29)42-38-43(52-25-51-42)58(26-53-38)47-36(49)40-34(72-47)21-70-77(68,79-24-31-16-10-12-18-33(31)61(65)66)75-41-35(22-71-76(67,74-40)78-23-30-15-9-11-17-32(30)60(63)64)73-48(37(41)50)59-27-54-39-44(59)55-28(3)56-45(39)69-20-5-2/h4-18,25-27,34-37,40-41,47-48H,1-2,19-24H2,3H3/t34-,35-,36-,37-,40-,41-,47-,48-,76?,77?/m1/s1. The molecule has 0 bridgehead atoms. The summed E-state index contributed by atoms with van der Waals surface area (Å²) in [6, 6.07) is 19.5. The fourth-order valence-corrected chi connectivity index (χ4v) is 15.7. The molecule has 25 nitrogen and oxygen atoms in total. The molecule has 1 amide bonds. The van der Waals surface area contributed by atoms with Gasteiger partial charge in [-0.3, -0.25) is 57.2 Å². The first kappa shape index (κ1) is 55.4. The van der Waals surface area contributed by atoms with Crippen LogP contribution in [0.25, 0.3) is 22.3 Å². The number of hydrogen-bond acceptors (Lipinski definition) is 22. The molecule has 79 heavy (non-hydrogen) atoms. The predicted molar refractivity (Wildman–Crippen MR) is 283 cm³/mol. The van der Waals surface area contributed by atoms with Crippen LogP contribution in [0.4, 0.5) is 26.0 Å². The van der Waals surface area contributed by atoms with Crippen LogP contribution < -0.4 is 9.64 Å². The first-order valence-corrected chi connectivity index (χ1v) is 30.1. The van der Waals surface area contributed by atoms with E-state index in [9.17, 15) is 25.0 Å². The Labute approximate surface area is 454 Å². The average Bonchev–Trinajstić information content (AvgIpc) is 4.44. The number of ether oxygens (including phenoxy) is 3. The molecule has 0 N–H and O–H groups in total. The van der Waals surface area contributed by atoms with Crippen molar-refractivity contribution >= 4 is 81.8 Å². The number of nitrogens with zero attached hydrogens (tertiary/aromatic N) is 11. The van der Waals surface area contributed by atoms with Gasteiger partial charge in [-0.2, -0.15) is 4.98 Å². The van der Waals surface area contributed by atoms with Crippen LogP contribution in [0.15, 0.2) is 123 Å². The van der Waals surface area contributed by atoms with Crippen molar-refractivity contribution in [2.75, 3.05) is 31.3 Å². The molecule has 3 fully saturated rings. The first-order valence-electron chi connectivity index (χ1n) is 23.9. The molecule has 31 heteroatoms. The lowest BCUT2D eigenvalue weighted by atomic mass is 10.1. The third-order valence-electron chi connectivity index (χ3n) is 12.5. The van der Waals surface area contributed by atoms with E-state index in [1.807, 2.05) is 0 Å². The molecule has 412 valence electrons. The topological polar surface area (TPSA) is 293 Å². The van der Waals surface area contributed by atoms with Crippen LogP contribution in [0.2, 0.25) is 0 Å². The van der Waals surface area contributed by atoms with Gasteiger partial charge in [-0.05, 0) is 41.8 Å². The Morgan fingerprint density at radius 2 is 1.29 bits per heavy atom. The van der Waals surface area contributed by atoms with Crippen molar-refractivity contribution in [2.45, 2.75) is 67.6 Å². The van der Waals surface area contributed by atoms with Crippen LogP contribution in [0.1, 0.15) is 39.8 Å². The van der Waals surface area contributed by atoms with Crippen LogP contribution in [0.5, 0.6) is 5.88 Å². The second-order valence-corrected chi connectivity index (χ2v) is 25.6. The fraction of sp³-hybridized carbons (Fsp3) is 0.312. The number of amides is 1. The highest BCUT2D eigenvalue weighted by Gasteiger charge is 2.56. The van der Waals surface area contributed by atoms with E-state index in [0.717, 1.165) is 6.33 Å². The number of para-hydroxylation sites is 2. The summed E-state index contributed by atoms with van der Waals surface area (Å²) in [7, 11) is 0. The minimum atomic E-state index is -4.87. The van der Waals surface area contributed by atoms with Crippen LogP contribution in [0.3, 0.4) is 0 Å². The lowest BCUT2D eigenvalue weighted by molar-refractivity contribution is -0.385. The lowest BCUT2D eigenvalue weighted by Crippen LogP contribution is -2.37. The molecule has 0 saturated carbocycles. The van der Waals surface area contributed by atoms with Crippen molar-refractivity contribution in [2.24, 2.45) is 0 Å². The Morgan fingerprint density at radius 3 is 1.84 bits per heavy atom. The van der Waals surface area contributed by atoms with E-state index < -0.39 is 103 Å². The number of nitro benzene ring substituents is 2. The molecule has 0 radical (unpaired) electrons. The van der Waals surface area contributed by atoms with Gasteiger partial charge in [0.15, 0.2) is 52.9 Å². The van der Waals surface area contributed by atoms with Crippen molar-refractivity contribution < 1.29 is 64.9 Å². The summed E-state index contributed by atoms with van der Waals surface area (Å²) < 4.78 is 111. The minimum Gasteiger partial charge on any atom is -0.472 e. The Kier molecular flexibility index (Phi) is 16.4. The Hall–Kier alpha value is -6.91. The number of imidazole rings is 2. The molecule has 0 spiro atoms. The molecule has 3 saturated heterocycles. The highest BCUT2D eigenvalue weighted by molar-refractivity contribution is 8.55. The molecule has 2 unspecified atom stereocenters. The van der Waals surface area contributed by atoms with E-state index in [0.29, 0.717) is 28.3 Å². The maximum absolute atomic E-state index is 17.7. The molecule has 10 rings (SSSR count). The molecule has 4 aromatic heterocycles. The average molecular weight is 1160 g/mol. The monoisotopic (exact) mass is 1160 g/mol. The summed E-state index contributed by atoms with van der Waals surface area (Å²) in [5.74, 6) is -0.974. The van der Waals surface area contributed by atoms with E-state index in [2.05, 4.69) is 43.1 Å². The van der Waals surface area contributed by atoms with E-state index in [1.54, 1.807) is 37.3 Å². The number of nitro groups is 2. The number of rotatable bonds is 17. The van der Waals surface area contributed by atoms with Gasteiger partial charge in [0.05, 0.1) is 35.7 Å². The number of alkyl halides is 2. The maximum Gasteiger partial charge on any atom is 0.390 e. The van der Waals surface area contributed by atoms with Gasteiger partial charge in [-0.15, -0.1) is 6.58 Å². The zero-order valence-electron chi connectivity index (χ0n) is 41.3. The summed E-state index contributed by atoms with van der Waals surface area (Å²) >= 11 is 0.909. The number of fused-ring (bicyclic) bond motifs is 4. The summed E-state index contributed by atoms with van der Waals surface area (Å²) in [6.07, 6.45) is -8.77. The second kappa shape index (κ2) is 23.4. The number of carbonyl (C=O) groups is 1. The number of anilines is 1. The lowest BCUT2D eigenvalue weighted by Gasteiger charge is -2.30. The Morgan fingerprint density at radius 1 is 0.759 bits per heavy atom. The van der Waals surface area contributed by atoms with Crippen molar-refractivity contribution in [3.05, 3.63) is 166 Å².